The fourth-order valence-electron chi connectivity index (χ4n) is 1.42. The average molecular weight is 242 g/mol. The molecule has 0 aliphatic carbocycles. The number of benzene rings is 1. The van der Waals surface area contributed by atoms with Crippen molar-refractivity contribution < 1.29 is 4.52 Å². The fourth-order valence-corrected chi connectivity index (χ4v) is 2.40. The highest BCUT2D eigenvalue weighted by molar-refractivity contribution is 7.29. The minimum atomic E-state index is 0.446. The van der Waals surface area contributed by atoms with Crippen LogP contribution in [0.4, 0.5) is 0 Å². The first-order valence-corrected chi connectivity index (χ1v) is 6.44. The van der Waals surface area contributed by atoms with E-state index in [2.05, 4.69) is 18.7 Å². The summed E-state index contributed by atoms with van der Waals surface area (Å²) in [4.78, 5) is 0. The van der Waals surface area contributed by atoms with Crippen LogP contribution in [0.15, 0.2) is 30.3 Å². The van der Waals surface area contributed by atoms with Crippen LogP contribution in [0.2, 0.25) is 0 Å². The molecule has 15 heavy (non-hydrogen) atoms. The molecular formula is C10H16N2OP2. The van der Waals surface area contributed by atoms with Crippen LogP contribution in [-0.2, 0) is 0 Å². The zero-order chi connectivity index (χ0) is 10.5. The molecule has 3 nitrogen and oxygen atoms in total. The molecule has 5 heteroatoms. The first-order valence-electron chi connectivity index (χ1n) is 5.07. The molecule has 0 bridgehead atoms. The maximum Gasteiger partial charge on any atom is 0.149 e. The van der Waals surface area contributed by atoms with Gasteiger partial charge < -0.3 is 4.52 Å². The summed E-state index contributed by atoms with van der Waals surface area (Å²) in [6, 6.07) is 10.0. The Morgan fingerprint density at radius 2 is 1.73 bits per heavy atom. The van der Waals surface area contributed by atoms with E-state index in [4.69, 9.17) is 4.52 Å². The molecule has 1 aromatic rings. The Bertz CT molecular complexity index is 289. The van der Waals surface area contributed by atoms with E-state index in [1.165, 1.54) is 0 Å². The lowest BCUT2D eigenvalue weighted by atomic mass is 10.3. The van der Waals surface area contributed by atoms with E-state index in [0.717, 1.165) is 31.9 Å². The van der Waals surface area contributed by atoms with Gasteiger partial charge in [0.2, 0.25) is 0 Å². The highest BCUT2D eigenvalue weighted by atomic mass is 31.1. The number of nitrogens with zero attached hydrogens (tertiary/aromatic N) is 2. The van der Waals surface area contributed by atoms with Gasteiger partial charge in [0.1, 0.15) is 14.7 Å². The van der Waals surface area contributed by atoms with Crippen molar-refractivity contribution in [2.45, 2.75) is 0 Å². The predicted octanol–water partition coefficient (Wildman–Crippen LogP) is 1.98. The van der Waals surface area contributed by atoms with Gasteiger partial charge in [-0.2, -0.15) is 0 Å². The van der Waals surface area contributed by atoms with E-state index >= 15 is 0 Å². The van der Waals surface area contributed by atoms with E-state index in [0.29, 0.717) is 8.96 Å². The molecule has 0 amide bonds. The Morgan fingerprint density at radius 3 is 2.40 bits per heavy atom. The smallest absolute Gasteiger partial charge is 0.149 e. The normalized spacial score (nSPS) is 19.8. The second kappa shape index (κ2) is 5.77. The third kappa shape index (κ3) is 3.70. The van der Waals surface area contributed by atoms with E-state index in [-0.39, 0.29) is 0 Å². The molecule has 0 saturated carbocycles. The van der Waals surface area contributed by atoms with Crippen molar-refractivity contribution >= 4 is 18.3 Å². The van der Waals surface area contributed by atoms with Crippen molar-refractivity contribution in [3.05, 3.63) is 30.3 Å². The molecule has 1 saturated heterocycles. The van der Waals surface area contributed by atoms with Gasteiger partial charge in [0.25, 0.3) is 0 Å². The van der Waals surface area contributed by atoms with Crippen LogP contribution in [0, 0.1) is 0 Å². The quantitative estimate of drug-likeness (QED) is 0.754. The Morgan fingerprint density at radius 1 is 1.07 bits per heavy atom. The van der Waals surface area contributed by atoms with Crippen LogP contribution in [0.25, 0.3) is 0 Å². The summed E-state index contributed by atoms with van der Waals surface area (Å²) in [5.41, 5.74) is 0. The van der Waals surface area contributed by atoms with Crippen molar-refractivity contribution in [3.8, 4) is 5.75 Å². The lowest BCUT2D eigenvalue weighted by molar-refractivity contribution is 0.292. The van der Waals surface area contributed by atoms with E-state index in [1.807, 2.05) is 30.3 Å². The van der Waals surface area contributed by atoms with Crippen LogP contribution >= 0.6 is 18.3 Å². The molecular weight excluding hydrogens is 226 g/mol. The highest BCUT2D eigenvalue weighted by Gasteiger charge is 2.14. The van der Waals surface area contributed by atoms with Gasteiger partial charge in [-0.05, 0) is 12.1 Å². The van der Waals surface area contributed by atoms with E-state index < -0.39 is 0 Å². The van der Waals surface area contributed by atoms with Gasteiger partial charge >= 0.3 is 0 Å². The van der Waals surface area contributed by atoms with Crippen molar-refractivity contribution in [3.63, 3.8) is 0 Å². The van der Waals surface area contributed by atoms with E-state index in [1.54, 1.807) is 0 Å². The summed E-state index contributed by atoms with van der Waals surface area (Å²) < 4.78 is 10.3. The molecule has 0 spiro atoms. The summed E-state index contributed by atoms with van der Waals surface area (Å²) in [5, 5.41) is 0. The SMILES string of the molecule is PN1CCN(POc2ccccc2)CC1. The van der Waals surface area contributed by atoms with Crippen molar-refractivity contribution in [1.82, 2.24) is 9.34 Å². The van der Waals surface area contributed by atoms with Gasteiger partial charge in [0.05, 0.1) is 0 Å². The second-order valence-corrected chi connectivity index (χ2v) is 5.28. The average Bonchev–Trinajstić information content (AvgIpc) is 2.30. The minimum Gasteiger partial charge on any atom is -0.461 e. The largest absolute Gasteiger partial charge is 0.461 e. The number of piperazine rings is 1. The standard InChI is InChI=1S/C10H16N2OP2/c14-11-6-8-12(9-7-11)15-13-10-4-2-1-3-5-10/h1-5,15H,6-9,14H2. The Kier molecular flexibility index (Phi) is 4.34. The Balaban J connectivity index is 1.74. The van der Waals surface area contributed by atoms with Crippen LogP contribution in [-0.4, -0.2) is 35.5 Å². The number of hydrogen-bond acceptors (Lipinski definition) is 3. The molecule has 0 aromatic heterocycles. The molecule has 1 aliphatic heterocycles. The lowest BCUT2D eigenvalue weighted by Gasteiger charge is -2.31. The Hall–Kier alpha value is -0.200. The van der Waals surface area contributed by atoms with Gasteiger partial charge in [-0.3, -0.25) is 9.34 Å². The monoisotopic (exact) mass is 242 g/mol. The summed E-state index contributed by atoms with van der Waals surface area (Å²) in [6.07, 6.45) is 0. The number of rotatable bonds is 3. The van der Waals surface area contributed by atoms with Crippen molar-refractivity contribution in [2.24, 2.45) is 0 Å². The molecule has 0 N–H and O–H groups in total. The lowest BCUT2D eigenvalue weighted by Crippen LogP contribution is -2.37. The Labute approximate surface area is 95.0 Å². The van der Waals surface area contributed by atoms with Crippen molar-refractivity contribution in [1.29, 1.82) is 0 Å². The second-order valence-electron chi connectivity index (χ2n) is 3.53. The zero-order valence-electron chi connectivity index (χ0n) is 8.60. The molecule has 1 fully saturated rings. The molecule has 2 unspecified atom stereocenters. The summed E-state index contributed by atoms with van der Waals surface area (Å²) in [7, 11) is 3.20. The molecule has 82 valence electrons. The van der Waals surface area contributed by atoms with E-state index in [9.17, 15) is 0 Å². The van der Waals surface area contributed by atoms with Gasteiger partial charge in [0.15, 0.2) is 0 Å². The maximum atomic E-state index is 5.71. The molecule has 2 atom stereocenters. The van der Waals surface area contributed by atoms with Crippen molar-refractivity contribution in [2.75, 3.05) is 26.2 Å². The third-order valence-corrected chi connectivity index (χ3v) is 3.90. The molecule has 1 aliphatic rings. The minimum absolute atomic E-state index is 0.446. The molecule has 1 aromatic carbocycles. The third-order valence-electron chi connectivity index (χ3n) is 2.35. The zero-order valence-corrected chi connectivity index (χ0v) is 10.7. The topological polar surface area (TPSA) is 15.7 Å². The first-order chi connectivity index (χ1) is 7.34. The summed E-state index contributed by atoms with van der Waals surface area (Å²) in [6.45, 7) is 4.40. The van der Waals surface area contributed by atoms with Crippen LogP contribution in [0.5, 0.6) is 5.75 Å². The summed E-state index contributed by atoms with van der Waals surface area (Å²) >= 11 is 0. The molecule has 0 radical (unpaired) electrons. The highest BCUT2D eigenvalue weighted by Crippen LogP contribution is 2.25. The van der Waals surface area contributed by atoms with Crippen LogP contribution in [0.3, 0.4) is 0 Å². The van der Waals surface area contributed by atoms with Crippen LogP contribution in [0.1, 0.15) is 0 Å². The van der Waals surface area contributed by atoms with Crippen LogP contribution < -0.4 is 4.52 Å². The van der Waals surface area contributed by atoms with Gasteiger partial charge in [-0.25, -0.2) is 0 Å². The maximum absolute atomic E-state index is 5.71. The molecule has 1 heterocycles. The van der Waals surface area contributed by atoms with Gasteiger partial charge in [-0.15, -0.1) is 0 Å². The predicted molar refractivity (Wildman–Crippen MR) is 68.2 cm³/mol. The van der Waals surface area contributed by atoms with Gasteiger partial charge in [-0.1, -0.05) is 27.6 Å². The molecule has 2 rings (SSSR count). The van der Waals surface area contributed by atoms with Gasteiger partial charge in [0, 0.05) is 26.2 Å². The first kappa shape index (κ1) is 11.3. The number of para-hydroxylation sites is 1. The fraction of sp³-hybridized carbons (Fsp3) is 0.400. The number of hydrogen-bond donors (Lipinski definition) is 0. The summed E-state index contributed by atoms with van der Waals surface area (Å²) in [5.74, 6) is 0.962.